The molecular weight excluding hydrogens is 230 g/mol. The Balaban J connectivity index is 2.16. The fourth-order valence-corrected chi connectivity index (χ4v) is 2.48. The Morgan fingerprint density at radius 3 is 2.44 bits per heavy atom. The first-order chi connectivity index (χ1) is 8.70. The van der Waals surface area contributed by atoms with Crippen LogP contribution in [0.5, 0.6) is 0 Å². The fraction of sp³-hybridized carbons (Fsp3) is 0.500. The molecule has 2 unspecified atom stereocenters. The van der Waals surface area contributed by atoms with Gasteiger partial charge in [-0.2, -0.15) is 0 Å². The number of aliphatic carboxylic acids is 1. The number of carboxylic acid groups (broad SMARTS) is 1. The van der Waals surface area contributed by atoms with Crippen LogP contribution in [0.4, 0.5) is 0 Å². The van der Waals surface area contributed by atoms with Gasteiger partial charge in [-0.1, -0.05) is 37.3 Å². The van der Waals surface area contributed by atoms with Crippen molar-refractivity contribution in [2.45, 2.75) is 18.9 Å². The van der Waals surface area contributed by atoms with Gasteiger partial charge in [0.2, 0.25) is 0 Å². The Kier molecular flexibility index (Phi) is 4.33. The number of ether oxygens (including phenoxy) is 1. The van der Waals surface area contributed by atoms with E-state index in [0.717, 1.165) is 5.56 Å². The minimum absolute atomic E-state index is 0.0261. The molecule has 1 saturated heterocycles. The lowest BCUT2D eigenvalue weighted by Gasteiger charge is -2.35. The van der Waals surface area contributed by atoms with E-state index in [1.165, 1.54) is 0 Å². The van der Waals surface area contributed by atoms with Gasteiger partial charge in [0.15, 0.2) is 0 Å². The highest BCUT2D eigenvalue weighted by Gasteiger charge is 2.32. The Morgan fingerprint density at radius 1 is 1.28 bits per heavy atom. The van der Waals surface area contributed by atoms with E-state index in [2.05, 4.69) is 0 Å². The molecule has 0 aliphatic carbocycles. The van der Waals surface area contributed by atoms with Crippen molar-refractivity contribution in [2.75, 3.05) is 26.3 Å². The highest BCUT2D eigenvalue weighted by Crippen LogP contribution is 2.24. The number of benzene rings is 1. The molecule has 1 aliphatic rings. The van der Waals surface area contributed by atoms with Crippen molar-refractivity contribution in [3.8, 4) is 0 Å². The number of carbonyl (C=O) groups is 1. The summed E-state index contributed by atoms with van der Waals surface area (Å²) in [6, 6.07) is 9.34. The number of nitrogens with zero attached hydrogens (tertiary/aromatic N) is 1. The van der Waals surface area contributed by atoms with Crippen molar-refractivity contribution in [1.82, 2.24) is 4.90 Å². The van der Waals surface area contributed by atoms with Crippen molar-refractivity contribution in [1.29, 1.82) is 0 Å². The van der Waals surface area contributed by atoms with Crippen molar-refractivity contribution in [3.63, 3.8) is 0 Å². The van der Waals surface area contributed by atoms with Crippen LogP contribution in [0.1, 0.15) is 18.4 Å². The van der Waals surface area contributed by atoms with E-state index in [1.807, 2.05) is 42.2 Å². The predicted molar refractivity (Wildman–Crippen MR) is 68.7 cm³/mol. The standard InChI is InChI=1S/C14H19NO3/c1-11(12-5-3-2-4-6-12)13(14(16)17)15-7-9-18-10-8-15/h2-6,11,13H,7-10H2,1H3,(H,16,17). The maximum absolute atomic E-state index is 11.5. The maximum Gasteiger partial charge on any atom is 0.321 e. The third kappa shape index (κ3) is 2.89. The van der Waals surface area contributed by atoms with Gasteiger partial charge in [0.25, 0.3) is 0 Å². The summed E-state index contributed by atoms with van der Waals surface area (Å²) in [5.74, 6) is -0.782. The average Bonchev–Trinajstić information content (AvgIpc) is 2.40. The molecule has 1 heterocycles. The third-order valence-electron chi connectivity index (χ3n) is 3.49. The summed E-state index contributed by atoms with van der Waals surface area (Å²) in [7, 11) is 0. The molecular formula is C14H19NO3. The minimum atomic E-state index is -0.756. The molecule has 0 bridgehead atoms. The van der Waals surface area contributed by atoms with Gasteiger partial charge in [0.05, 0.1) is 13.2 Å². The Bertz CT molecular complexity index is 387. The normalized spacial score (nSPS) is 20.3. The molecule has 1 aliphatic heterocycles. The van der Waals surface area contributed by atoms with Crippen molar-refractivity contribution >= 4 is 5.97 Å². The van der Waals surface area contributed by atoms with Crippen LogP contribution in [0.2, 0.25) is 0 Å². The van der Waals surface area contributed by atoms with Gasteiger partial charge in [-0.15, -0.1) is 0 Å². The van der Waals surface area contributed by atoms with Crippen LogP contribution >= 0.6 is 0 Å². The quantitative estimate of drug-likeness (QED) is 0.880. The molecule has 1 fully saturated rings. The van der Waals surface area contributed by atoms with Crippen molar-refractivity contribution in [2.24, 2.45) is 0 Å². The molecule has 0 saturated carbocycles. The van der Waals surface area contributed by atoms with Gasteiger partial charge < -0.3 is 9.84 Å². The van der Waals surface area contributed by atoms with E-state index in [0.29, 0.717) is 26.3 Å². The largest absolute Gasteiger partial charge is 0.480 e. The first-order valence-corrected chi connectivity index (χ1v) is 6.29. The lowest BCUT2D eigenvalue weighted by atomic mass is 9.92. The lowest BCUT2D eigenvalue weighted by Crippen LogP contribution is -2.49. The molecule has 2 rings (SSSR count). The fourth-order valence-electron chi connectivity index (χ4n) is 2.48. The second kappa shape index (κ2) is 5.98. The summed E-state index contributed by atoms with van der Waals surface area (Å²) in [5, 5.41) is 9.47. The second-order valence-corrected chi connectivity index (χ2v) is 4.63. The van der Waals surface area contributed by atoms with Crippen LogP contribution in [0.25, 0.3) is 0 Å². The monoisotopic (exact) mass is 249 g/mol. The number of hydrogen-bond acceptors (Lipinski definition) is 3. The van der Waals surface area contributed by atoms with Crippen LogP contribution in [0, 0.1) is 0 Å². The SMILES string of the molecule is CC(c1ccccc1)C(C(=O)O)N1CCOCC1. The molecule has 0 spiro atoms. The number of hydrogen-bond donors (Lipinski definition) is 1. The van der Waals surface area contributed by atoms with Crippen LogP contribution in [0.3, 0.4) is 0 Å². The summed E-state index contributed by atoms with van der Waals surface area (Å²) >= 11 is 0. The molecule has 0 radical (unpaired) electrons. The zero-order valence-electron chi connectivity index (χ0n) is 10.6. The van der Waals surface area contributed by atoms with Crippen LogP contribution < -0.4 is 0 Å². The summed E-state index contributed by atoms with van der Waals surface area (Å²) in [6.45, 7) is 4.59. The van der Waals surface area contributed by atoms with E-state index in [-0.39, 0.29) is 5.92 Å². The van der Waals surface area contributed by atoms with E-state index < -0.39 is 12.0 Å². The van der Waals surface area contributed by atoms with Crippen LogP contribution in [-0.4, -0.2) is 48.3 Å². The van der Waals surface area contributed by atoms with Gasteiger partial charge in [0.1, 0.15) is 6.04 Å². The Labute approximate surface area is 107 Å². The van der Waals surface area contributed by atoms with Gasteiger partial charge in [0, 0.05) is 19.0 Å². The molecule has 18 heavy (non-hydrogen) atoms. The highest BCUT2D eigenvalue weighted by molar-refractivity contribution is 5.75. The summed E-state index contributed by atoms with van der Waals surface area (Å²) in [4.78, 5) is 13.5. The van der Waals surface area contributed by atoms with Gasteiger partial charge >= 0.3 is 5.97 Å². The number of carboxylic acids is 1. The Morgan fingerprint density at radius 2 is 1.89 bits per heavy atom. The van der Waals surface area contributed by atoms with Crippen LogP contribution in [0.15, 0.2) is 30.3 Å². The zero-order valence-corrected chi connectivity index (χ0v) is 10.6. The van der Waals surface area contributed by atoms with E-state index in [1.54, 1.807) is 0 Å². The molecule has 1 aromatic carbocycles. The molecule has 2 atom stereocenters. The molecule has 0 aromatic heterocycles. The predicted octanol–water partition coefficient (Wildman–Crippen LogP) is 1.58. The van der Waals surface area contributed by atoms with E-state index in [4.69, 9.17) is 4.74 Å². The molecule has 4 heteroatoms. The maximum atomic E-state index is 11.5. The van der Waals surface area contributed by atoms with Gasteiger partial charge in [-0.05, 0) is 5.56 Å². The molecule has 0 amide bonds. The zero-order chi connectivity index (χ0) is 13.0. The van der Waals surface area contributed by atoms with E-state index >= 15 is 0 Å². The summed E-state index contributed by atoms with van der Waals surface area (Å²) in [5.41, 5.74) is 1.07. The molecule has 4 nitrogen and oxygen atoms in total. The lowest BCUT2D eigenvalue weighted by molar-refractivity contribution is -0.146. The second-order valence-electron chi connectivity index (χ2n) is 4.63. The molecule has 1 N–H and O–H groups in total. The smallest absolute Gasteiger partial charge is 0.321 e. The summed E-state index contributed by atoms with van der Waals surface area (Å²) < 4.78 is 5.28. The van der Waals surface area contributed by atoms with Crippen LogP contribution in [-0.2, 0) is 9.53 Å². The van der Waals surface area contributed by atoms with Crippen molar-refractivity contribution in [3.05, 3.63) is 35.9 Å². The molecule has 98 valence electrons. The molecule has 1 aromatic rings. The topological polar surface area (TPSA) is 49.8 Å². The average molecular weight is 249 g/mol. The minimum Gasteiger partial charge on any atom is -0.480 e. The first-order valence-electron chi connectivity index (χ1n) is 6.29. The van der Waals surface area contributed by atoms with Gasteiger partial charge in [-0.25, -0.2) is 0 Å². The first kappa shape index (κ1) is 13.1. The van der Waals surface area contributed by atoms with Crippen molar-refractivity contribution < 1.29 is 14.6 Å². The summed E-state index contributed by atoms with van der Waals surface area (Å²) in [6.07, 6.45) is 0. The Hall–Kier alpha value is -1.39. The third-order valence-corrected chi connectivity index (χ3v) is 3.49. The number of rotatable bonds is 4. The van der Waals surface area contributed by atoms with Gasteiger partial charge in [-0.3, -0.25) is 9.69 Å². The number of morpholine rings is 1. The van der Waals surface area contributed by atoms with E-state index in [9.17, 15) is 9.90 Å². The highest BCUT2D eigenvalue weighted by atomic mass is 16.5.